The van der Waals surface area contributed by atoms with E-state index in [1.54, 1.807) is 36.5 Å². The van der Waals surface area contributed by atoms with E-state index in [4.69, 9.17) is 5.26 Å². The van der Waals surface area contributed by atoms with E-state index in [2.05, 4.69) is 33.4 Å². The number of carbonyl (C=O) groups is 1. The molecule has 8 heteroatoms. The number of nitrogens with one attached hydrogen (secondary N) is 2. The van der Waals surface area contributed by atoms with E-state index in [-0.39, 0.29) is 11.5 Å². The minimum atomic E-state index is -0.247. The van der Waals surface area contributed by atoms with E-state index >= 15 is 0 Å². The Morgan fingerprint density at radius 1 is 1.32 bits per heavy atom. The second-order valence-corrected chi connectivity index (χ2v) is 8.00. The van der Waals surface area contributed by atoms with Crippen molar-refractivity contribution in [2.24, 2.45) is 5.92 Å². The summed E-state index contributed by atoms with van der Waals surface area (Å²) in [4.78, 5) is 31.9. The number of hydrogen-bond acceptors (Lipinski definition) is 5. The quantitative estimate of drug-likeness (QED) is 0.662. The fourth-order valence-corrected chi connectivity index (χ4v) is 3.95. The predicted molar refractivity (Wildman–Crippen MR) is 117 cm³/mol. The van der Waals surface area contributed by atoms with Crippen LogP contribution in [0.1, 0.15) is 27.9 Å². The molecule has 1 aromatic carbocycles. The lowest BCUT2D eigenvalue weighted by Crippen LogP contribution is -2.30. The molecule has 2 N–H and O–H groups in total. The van der Waals surface area contributed by atoms with E-state index in [1.807, 2.05) is 6.92 Å². The number of likely N-dealkylation sites (tertiary alicyclic amines) is 1. The summed E-state index contributed by atoms with van der Waals surface area (Å²) < 4.78 is 1.34. The van der Waals surface area contributed by atoms with Gasteiger partial charge in [0.15, 0.2) is 5.82 Å². The highest BCUT2D eigenvalue weighted by Gasteiger charge is 2.20. The molecule has 1 amide bonds. The molecule has 1 aliphatic rings. The molecule has 0 bridgehead atoms. The topological polar surface area (TPSA) is 107 Å². The van der Waals surface area contributed by atoms with Crippen molar-refractivity contribution >= 4 is 5.91 Å². The van der Waals surface area contributed by atoms with E-state index in [9.17, 15) is 9.59 Å². The second-order valence-electron chi connectivity index (χ2n) is 8.00. The van der Waals surface area contributed by atoms with Gasteiger partial charge in [-0.15, -0.1) is 0 Å². The Labute approximate surface area is 180 Å². The molecule has 158 valence electrons. The monoisotopic (exact) mass is 416 g/mol. The van der Waals surface area contributed by atoms with Gasteiger partial charge in [-0.1, -0.05) is 6.07 Å². The van der Waals surface area contributed by atoms with Gasteiger partial charge >= 0.3 is 0 Å². The standard InChI is InChI=1S/C23H24N6O2/c1-15-9-16(10-24)3-5-19(15)20-13-27-29(23(20)31)21-6-4-18(12-25-21)22(30)26-11-17-7-8-28(2)14-17/h3-6,9,12-13,17,27H,7-8,11,14H2,1-2H3,(H,26,30). The third-order valence-electron chi connectivity index (χ3n) is 5.70. The molecule has 4 rings (SSSR count). The molecule has 0 spiro atoms. The Morgan fingerprint density at radius 2 is 2.16 bits per heavy atom. The molecule has 1 unspecified atom stereocenters. The van der Waals surface area contributed by atoms with Crippen molar-refractivity contribution < 1.29 is 4.79 Å². The van der Waals surface area contributed by atoms with Crippen molar-refractivity contribution in [3.05, 3.63) is 69.8 Å². The zero-order valence-electron chi connectivity index (χ0n) is 17.6. The Kier molecular flexibility index (Phi) is 5.69. The molecule has 1 saturated heterocycles. The van der Waals surface area contributed by atoms with Crippen LogP contribution in [-0.4, -0.2) is 52.3 Å². The van der Waals surface area contributed by atoms with Crippen LogP contribution in [0.5, 0.6) is 0 Å². The lowest BCUT2D eigenvalue weighted by atomic mass is 10.0. The largest absolute Gasteiger partial charge is 0.352 e. The van der Waals surface area contributed by atoms with Crippen LogP contribution in [0.3, 0.4) is 0 Å². The molecule has 0 radical (unpaired) electrons. The van der Waals surface area contributed by atoms with Crippen LogP contribution in [-0.2, 0) is 0 Å². The van der Waals surface area contributed by atoms with Gasteiger partial charge in [0.1, 0.15) is 0 Å². The number of rotatable bonds is 5. The van der Waals surface area contributed by atoms with E-state index in [0.717, 1.165) is 30.6 Å². The number of aryl methyl sites for hydroxylation is 1. The van der Waals surface area contributed by atoms with Gasteiger partial charge < -0.3 is 10.2 Å². The average molecular weight is 416 g/mol. The maximum absolute atomic E-state index is 12.9. The van der Waals surface area contributed by atoms with Gasteiger partial charge in [-0.25, -0.2) is 9.67 Å². The van der Waals surface area contributed by atoms with Gasteiger partial charge in [0.25, 0.3) is 11.5 Å². The molecule has 2 aromatic heterocycles. The second kappa shape index (κ2) is 8.58. The van der Waals surface area contributed by atoms with Gasteiger partial charge in [0.05, 0.1) is 22.8 Å². The van der Waals surface area contributed by atoms with Gasteiger partial charge in [0.2, 0.25) is 0 Å². The zero-order valence-corrected chi connectivity index (χ0v) is 17.6. The number of benzene rings is 1. The maximum Gasteiger partial charge on any atom is 0.280 e. The van der Waals surface area contributed by atoms with Crippen LogP contribution in [0.15, 0.2) is 47.5 Å². The van der Waals surface area contributed by atoms with Crippen molar-refractivity contribution in [2.75, 3.05) is 26.7 Å². The molecule has 31 heavy (non-hydrogen) atoms. The van der Waals surface area contributed by atoms with Gasteiger partial charge in [-0.05, 0) is 68.2 Å². The van der Waals surface area contributed by atoms with Crippen LogP contribution in [0.2, 0.25) is 0 Å². The fraction of sp³-hybridized carbons (Fsp3) is 0.304. The lowest BCUT2D eigenvalue weighted by Gasteiger charge is -2.11. The average Bonchev–Trinajstić information content (AvgIpc) is 3.37. The Hall–Kier alpha value is -3.70. The van der Waals surface area contributed by atoms with Gasteiger partial charge in [-0.2, -0.15) is 5.26 Å². The fourth-order valence-electron chi connectivity index (χ4n) is 3.95. The van der Waals surface area contributed by atoms with Gasteiger partial charge in [0, 0.05) is 25.5 Å². The number of pyridine rings is 1. The summed E-state index contributed by atoms with van der Waals surface area (Å²) in [6.45, 7) is 4.57. The van der Waals surface area contributed by atoms with Crippen molar-refractivity contribution in [1.82, 2.24) is 25.0 Å². The number of nitriles is 1. The number of amides is 1. The van der Waals surface area contributed by atoms with Gasteiger partial charge in [-0.3, -0.25) is 14.7 Å². The Morgan fingerprint density at radius 3 is 2.81 bits per heavy atom. The molecular formula is C23H24N6O2. The molecule has 3 heterocycles. The number of aromatic amines is 1. The summed E-state index contributed by atoms with van der Waals surface area (Å²) >= 11 is 0. The Balaban J connectivity index is 1.49. The Bertz CT molecular complexity index is 1200. The molecule has 8 nitrogen and oxygen atoms in total. The van der Waals surface area contributed by atoms with Crippen molar-refractivity contribution in [3.8, 4) is 23.0 Å². The first-order chi connectivity index (χ1) is 15.0. The zero-order chi connectivity index (χ0) is 22.0. The number of carbonyl (C=O) groups excluding carboxylic acids is 1. The molecule has 1 atom stereocenters. The molecular weight excluding hydrogens is 392 g/mol. The summed E-state index contributed by atoms with van der Waals surface area (Å²) in [5.74, 6) is 0.709. The summed E-state index contributed by atoms with van der Waals surface area (Å²) in [7, 11) is 2.08. The van der Waals surface area contributed by atoms with Crippen molar-refractivity contribution in [2.45, 2.75) is 13.3 Å². The van der Waals surface area contributed by atoms with Crippen LogP contribution in [0.4, 0.5) is 0 Å². The first-order valence-electron chi connectivity index (χ1n) is 10.2. The SMILES string of the molecule is Cc1cc(C#N)ccc1-c1c[nH]n(-c2ccc(C(=O)NCC3CCN(C)C3)cn2)c1=O. The smallest absolute Gasteiger partial charge is 0.280 e. The highest BCUT2D eigenvalue weighted by Crippen LogP contribution is 2.21. The maximum atomic E-state index is 12.9. The lowest BCUT2D eigenvalue weighted by molar-refractivity contribution is 0.0947. The molecule has 1 fully saturated rings. The van der Waals surface area contributed by atoms with Crippen LogP contribution < -0.4 is 10.9 Å². The highest BCUT2D eigenvalue weighted by atomic mass is 16.1. The minimum absolute atomic E-state index is 0.165. The molecule has 0 aliphatic carbocycles. The molecule has 0 saturated carbocycles. The summed E-state index contributed by atoms with van der Waals surface area (Å²) in [5.41, 5.74) is 2.85. The number of aromatic nitrogens is 3. The first kappa shape index (κ1) is 20.6. The highest BCUT2D eigenvalue weighted by molar-refractivity contribution is 5.93. The minimum Gasteiger partial charge on any atom is -0.352 e. The predicted octanol–water partition coefficient (Wildman–Crippen LogP) is 2.09. The van der Waals surface area contributed by atoms with E-state index < -0.39 is 0 Å². The van der Waals surface area contributed by atoms with Crippen LogP contribution in [0, 0.1) is 24.2 Å². The van der Waals surface area contributed by atoms with Crippen molar-refractivity contribution in [1.29, 1.82) is 5.26 Å². The normalized spacial score (nSPS) is 16.2. The van der Waals surface area contributed by atoms with E-state index in [1.165, 1.54) is 10.9 Å². The van der Waals surface area contributed by atoms with Crippen LogP contribution >= 0.6 is 0 Å². The number of hydrogen-bond donors (Lipinski definition) is 2. The number of H-pyrrole nitrogens is 1. The summed E-state index contributed by atoms with van der Waals surface area (Å²) in [6, 6.07) is 10.6. The van der Waals surface area contributed by atoms with E-state index in [0.29, 0.717) is 35.0 Å². The summed E-state index contributed by atoms with van der Waals surface area (Å²) in [6.07, 6.45) is 4.19. The van der Waals surface area contributed by atoms with Crippen LogP contribution in [0.25, 0.3) is 16.9 Å². The third-order valence-corrected chi connectivity index (χ3v) is 5.70. The number of nitrogens with zero attached hydrogens (tertiary/aromatic N) is 4. The van der Waals surface area contributed by atoms with Crippen molar-refractivity contribution in [3.63, 3.8) is 0 Å². The summed E-state index contributed by atoms with van der Waals surface area (Å²) in [5, 5.41) is 14.9. The first-order valence-corrected chi connectivity index (χ1v) is 10.2. The molecule has 3 aromatic rings. The third kappa shape index (κ3) is 4.27. The molecule has 1 aliphatic heterocycles.